The van der Waals surface area contributed by atoms with Gasteiger partial charge < -0.3 is 10.5 Å². The molecule has 2 N–H and O–H groups in total. The van der Waals surface area contributed by atoms with Crippen molar-refractivity contribution >= 4 is 0 Å². The summed E-state index contributed by atoms with van der Waals surface area (Å²) < 4.78 is 5.50. The zero-order valence-corrected chi connectivity index (χ0v) is 13.5. The second-order valence-corrected chi connectivity index (χ2v) is 6.78. The number of aromatic nitrogens is 1. The van der Waals surface area contributed by atoms with Crippen molar-refractivity contribution in [2.24, 2.45) is 17.6 Å². The Morgan fingerprint density at radius 2 is 2.05 bits per heavy atom. The lowest BCUT2D eigenvalue weighted by Gasteiger charge is -2.40. The summed E-state index contributed by atoms with van der Waals surface area (Å²) in [6, 6.07) is 0. The van der Waals surface area contributed by atoms with Crippen LogP contribution in [-0.2, 0) is 6.42 Å². The Bertz CT molecular complexity index is 486. The summed E-state index contributed by atoms with van der Waals surface area (Å²) in [5.74, 6) is 2.44. The fourth-order valence-electron chi connectivity index (χ4n) is 3.49. The molecule has 0 aliphatic heterocycles. The maximum atomic E-state index is 6.66. The zero-order valence-electron chi connectivity index (χ0n) is 13.5. The number of nitrogens with zero attached hydrogens (tertiary/aromatic N) is 1. The molecular weight excluding hydrogens is 248 g/mol. The standard InChI is InChI=1S/C17H28N2O/c1-11-6-7-17(18,8-12(11)2)9-15-14(4)16(20-5)13(3)10-19-15/h10-12H,6-9,18H2,1-5H3. The first-order valence-corrected chi connectivity index (χ1v) is 7.64. The quantitative estimate of drug-likeness (QED) is 0.920. The fourth-order valence-corrected chi connectivity index (χ4v) is 3.49. The van der Waals surface area contributed by atoms with E-state index in [-0.39, 0.29) is 5.54 Å². The average molecular weight is 276 g/mol. The van der Waals surface area contributed by atoms with Gasteiger partial charge in [0, 0.05) is 35.0 Å². The van der Waals surface area contributed by atoms with Crippen LogP contribution in [0.4, 0.5) is 0 Å². The molecule has 20 heavy (non-hydrogen) atoms. The summed E-state index contributed by atoms with van der Waals surface area (Å²) in [5, 5.41) is 0. The molecule has 112 valence electrons. The molecule has 0 spiro atoms. The first-order chi connectivity index (χ1) is 9.36. The van der Waals surface area contributed by atoms with E-state index in [1.165, 1.54) is 6.42 Å². The number of hydrogen-bond acceptors (Lipinski definition) is 3. The Hall–Kier alpha value is -1.09. The summed E-state index contributed by atoms with van der Waals surface area (Å²) in [6.45, 7) is 8.78. The van der Waals surface area contributed by atoms with Crippen molar-refractivity contribution in [3.63, 3.8) is 0 Å². The van der Waals surface area contributed by atoms with Crippen LogP contribution in [0.25, 0.3) is 0 Å². The lowest BCUT2D eigenvalue weighted by Crippen LogP contribution is -2.48. The van der Waals surface area contributed by atoms with Crippen molar-refractivity contribution in [3.8, 4) is 5.75 Å². The average Bonchev–Trinajstić information content (AvgIpc) is 2.39. The predicted molar refractivity (Wildman–Crippen MR) is 83.1 cm³/mol. The molecule has 1 aromatic rings. The van der Waals surface area contributed by atoms with E-state index in [1.807, 2.05) is 13.1 Å². The normalized spacial score (nSPS) is 30.3. The molecule has 0 aromatic carbocycles. The molecule has 1 heterocycles. The molecule has 1 aromatic heterocycles. The van der Waals surface area contributed by atoms with Crippen molar-refractivity contribution in [2.45, 2.75) is 58.9 Å². The highest BCUT2D eigenvalue weighted by atomic mass is 16.5. The molecule has 1 aliphatic carbocycles. The Kier molecular flexibility index (Phi) is 4.38. The predicted octanol–water partition coefficient (Wildman–Crippen LogP) is 3.40. The van der Waals surface area contributed by atoms with Gasteiger partial charge >= 0.3 is 0 Å². The van der Waals surface area contributed by atoms with Gasteiger partial charge in [0.25, 0.3) is 0 Å². The summed E-state index contributed by atoms with van der Waals surface area (Å²) in [7, 11) is 1.72. The molecule has 3 unspecified atom stereocenters. The van der Waals surface area contributed by atoms with Crippen LogP contribution in [0.1, 0.15) is 49.9 Å². The van der Waals surface area contributed by atoms with Crippen molar-refractivity contribution in [1.82, 2.24) is 4.98 Å². The van der Waals surface area contributed by atoms with E-state index >= 15 is 0 Å². The van der Waals surface area contributed by atoms with Gasteiger partial charge in [0.1, 0.15) is 5.75 Å². The maximum absolute atomic E-state index is 6.66. The van der Waals surface area contributed by atoms with Crippen LogP contribution in [0.5, 0.6) is 5.75 Å². The summed E-state index contributed by atoms with van der Waals surface area (Å²) in [6.07, 6.45) is 6.16. The second-order valence-electron chi connectivity index (χ2n) is 6.78. The van der Waals surface area contributed by atoms with Crippen LogP contribution in [0.3, 0.4) is 0 Å². The number of pyridine rings is 1. The molecule has 1 aliphatic rings. The molecular formula is C17H28N2O. The van der Waals surface area contributed by atoms with Gasteiger partial charge in [-0.1, -0.05) is 13.8 Å². The van der Waals surface area contributed by atoms with Crippen LogP contribution in [0, 0.1) is 25.7 Å². The van der Waals surface area contributed by atoms with Crippen LogP contribution in [0.2, 0.25) is 0 Å². The second kappa shape index (κ2) is 5.72. The number of ether oxygens (including phenoxy) is 1. The molecule has 2 rings (SSSR count). The van der Waals surface area contributed by atoms with E-state index in [9.17, 15) is 0 Å². The van der Waals surface area contributed by atoms with Gasteiger partial charge in [0.2, 0.25) is 0 Å². The van der Waals surface area contributed by atoms with Gasteiger partial charge in [-0.25, -0.2) is 0 Å². The molecule has 0 bridgehead atoms. The fraction of sp³-hybridized carbons (Fsp3) is 0.706. The minimum Gasteiger partial charge on any atom is -0.496 e. The summed E-state index contributed by atoms with van der Waals surface area (Å²) in [4.78, 5) is 4.61. The minimum atomic E-state index is -0.107. The number of hydrogen-bond donors (Lipinski definition) is 1. The minimum absolute atomic E-state index is 0.107. The zero-order chi connectivity index (χ0) is 14.9. The van der Waals surface area contributed by atoms with Gasteiger partial charge in [-0.3, -0.25) is 4.98 Å². The third-order valence-corrected chi connectivity index (χ3v) is 5.07. The van der Waals surface area contributed by atoms with Crippen LogP contribution < -0.4 is 10.5 Å². The smallest absolute Gasteiger partial charge is 0.128 e. The van der Waals surface area contributed by atoms with Crippen molar-refractivity contribution < 1.29 is 4.74 Å². The third-order valence-electron chi connectivity index (χ3n) is 5.07. The highest BCUT2D eigenvalue weighted by Gasteiger charge is 2.35. The van der Waals surface area contributed by atoms with E-state index in [2.05, 4.69) is 25.8 Å². The van der Waals surface area contributed by atoms with E-state index in [0.29, 0.717) is 5.92 Å². The first-order valence-electron chi connectivity index (χ1n) is 7.64. The number of nitrogens with two attached hydrogens (primary N) is 1. The number of aryl methyl sites for hydroxylation is 1. The Balaban J connectivity index is 2.22. The van der Waals surface area contributed by atoms with Crippen molar-refractivity contribution in [2.75, 3.05) is 7.11 Å². The molecule has 3 nitrogen and oxygen atoms in total. The van der Waals surface area contributed by atoms with Crippen LogP contribution >= 0.6 is 0 Å². The van der Waals surface area contributed by atoms with Crippen LogP contribution in [-0.4, -0.2) is 17.6 Å². The lowest BCUT2D eigenvalue weighted by molar-refractivity contribution is 0.174. The molecule has 0 radical (unpaired) electrons. The number of methoxy groups -OCH3 is 1. The van der Waals surface area contributed by atoms with E-state index in [0.717, 1.165) is 47.8 Å². The van der Waals surface area contributed by atoms with E-state index < -0.39 is 0 Å². The largest absolute Gasteiger partial charge is 0.496 e. The Morgan fingerprint density at radius 3 is 2.65 bits per heavy atom. The van der Waals surface area contributed by atoms with Gasteiger partial charge in [0.15, 0.2) is 0 Å². The van der Waals surface area contributed by atoms with Gasteiger partial charge in [0.05, 0.1) is 7.11 Å². The first kappa shape index (κ1) is 15.3. The van der Waals surface area contributed by atoms with E-state index in [1.54, 1.807) is 7.11 Å². The Morgan fingerprint density at radius 1 is 1.35 bits per heavy atom. The topological polar surface area (TPSA) is 48.1 Å². The van der Waals surface area contributed by atoms with Crippen LogP contribution in [0.15, 0.2) is 6.20 Å². The maximum Gasteiger partial charge on any atom is 0.128 e. The molecule has 1 fully saturated rings. The highest BCUT2D eigenvalue weighted by Crippen LogP contribution is 2.37. The monoisotopic (exact) mass is 276 g/mol. The van der Waals surface area contributed by atoms with E-state index in [4.69, 9.17) is 10.5 Å². The molecule has 1 saturated carbocycles. The van der Waals surface area contributed by atoms with Crippen molar-refractivity contribution in [3.05, 3.63) is 23.0 Å². The molecule has 0 saturated heterocycles. The third kappa shape index (κ3) is 2.98. The van der Waals surface area contributed by atoms with Gasteiger partial charge in [-0.15, -0.1) is 0 Å². The van der Waals surface area contributed by atoms with Gasteiger partial charge in [-0.05, 0) is 44.9 Å². The SMILES string of the molecule is COc1c(C)cnc(CC2(N)CCC(C)C(C)C2)c1C. The summed E-state index contributed by atoms with van der Waals surface area (Å²) >= 11 is 0. The molecule has 3 heteroatoms. The Labute approximate surface area is 122 Å². The highest BCUT2D eigenvalue weighted by molar-refractivity contribution is 5.41. The molecule has 0 amide bonds. The van der Waals surface area contributed by atoms with Gasteiger partial charge in [-0.2, -0.15) is 0 Å². The number of rotatable bonds is 3. The lowest BCUT2D eigenvalue weighted by atomic mass is 9.70. The summed E-state index contributed by atoms with van der Waals surface area (Å²) in [5.41, 5.74) is 9.88. The van der Waals surface area contributed by atoms with Crippen molar-refractivity contribution in [1.29, 1.82) is 0 Å². The molecule has 3 atom stereocenters.